The molecule has 0 amide bonds. The van der Waals surface area contributed by atoms with Crippen LogP contribution >= 0.6 is 0 Å². The molecule has 5 nitrogen and oxygen atoms in total. The van der Waals surface area contributed by atoms with Crippen LogP contribution in [0.1, 0.15) is 16.8 Å². The normalized spacial score (nSPS) is 15.0. The summed E-state index contributed by atoms with van der Waals surface area (Å²) in [6, 6.07) is 2.17. The Morgan fingerprint density at radius 3 is 2.45 bits per heavy atom. The highest BCUT2D eigenvalue weighted by Crippen LogP contribution is 2.21. The van der Waals surface area contributed by atoms with Gasteiger partial charge in [0.25, 0.3) is 0 Å². The van der Waals surface area contributed by atoms with Gasteiger partial charge in [-0.1, -0.05) is 6.58 Å². The zero-order valence-electron chi connectivity index (χ0n) is 13.2. The summed E-state index contributed by atoms with van der Waals surface area (Å²) < 4.78 is 0. The Morgan fingerprint density at radius 2 is 1.82 bits per heavy atom. The first-order valence-corrected chi connectivity index (χ1v) is 7.53. The minimum atomic E-state index is 0.927. The Hall–Kier alpha value is -2.43. The number of rotatable bonds is 3. The lowest BCUT2D eigenvalue weighted by atomic mass is 10.1. The fourth-order valence-corrected chi connectivity index (χ4v) is 2.64. The molecule has 114 valence electrons. The lowest BCUT2D eigenvalue weighted by Gasteiger charge is -2.37. The monoisotopic (exact) mass is 295 g/mol. The summed E-state index contributed by atoms with van der Waals surface area (Å²) in [6.45, 7) is 12.1. The van der Waals surface area contributed by atoms with E-state index in [2.05, 4.69) is 44.3 Å². The van der Waals surface area contributed by atoms with Crippen molar-refractivity contribution in [2.45, 2.75) is 13.8 Å². The number of aryl methyl sites for hydroxylation is 2. The summed E-state index contributed by atoms with van der Waals surface area (Å²) in [5, 5.41) is 0. The van der Waals surface area contributed by atoms with E-state index in [1.54, 1.807) is 12.4 Å². The van der Waals surface area contributed by atoms with Crippen molar-refractivity contribution < 1.29 is 0 Å². The van der Waals surface area contributed by atoms with E-state index in [-0.39, 0.29) is 0 Å². The summed E-state index contributed by atoms with van der Waals surface area (Å²) in [4.78, 5) is 17.5. The van der Waals surface area contributed by atoms with Crippen molar-refractivity contribution in [3.8, 4) is 0 Å². The number of piperazine rings is 1. The van der Waals surface area contributed by atoms with Crippen molar-refractivity contribution in [1.82, 2.24) is 19.9 Å². The number of aromatic nitrogens is 3. The molecule has 0 aromatic carbocycles. The number of nitrogens with zero attached hydrogens (tertiary/aromatic N) is 5. The van der Waals surface area contributed by atoms with Gasteiger partial charge >= 0.3 is 0 Å². The highest BCUT2D eigenvalue weighted by atomic mass is 15.3. The summed E-state index contributed by atoms with van der Waals surface area (Å²) in [7, 11) is 0. The van der Waals surface area contributed by atoms with E-state index >= 15 is 0 Å². The molecule has 0 saturated carbocycles. The Labute approximate surface area is 131 Å². The zero-order valence-corrected chi connectivity index (χ0v) is 13.2. The van der Waals surface area contributed by atoms with Gasteiger partial charge in [0, 0.05) is 61.7 Å². The van der Waals surface area contributed by atoms with Crippen molar-refractivity contribution in [3.05, 3.63) is 54.3 Å². The van der Waals surface area contributed by atoms with Crippen molar-refractivity contribution in [2.24, 2.45) is 0 Å². The molecule has 0 aliphatic carbocycles. The lowest BCUT2D eigenvalue weighted by Crippen LogP contribution is -2.45. The largest absolute Gasteiger partial charge is 0.368 e. The van der Waals surface area contributed by atoms with E-state index in [0.29, 0.717) is 0 Å². The van der Waals surface area contributed by atoms with Gasteiger partial charge in [-0.25, -0.2) is 4.98 Å². The SMILES string of the molecule is C=C(c1cnc(C)c(C)c1)N1CCN(c2cnccn2)CC1. The second-order valence-electron chi connectivity index (χ2n) is 5.61. The maximum Gasteiger partial charge on any atom is 0.147 e. The Morgan fingerprint density at radius 1 is 1.05 bits per heavy atom. The van der Waals surface area contributed by atoms with Gasteiger partial charge in [0.05, 0.1) is 6.20 Å². The van der Waals surface area contributed by atoms with Crippen LogP contribution < -0.4 is 4.90 Å². The summed E-state index contributed by atoms with van der Waals surface area (Å²) in [5.41, 5.74) is 4.44. The van der Waals surface area contributed by atoms with Crippen LogP contribution in [0.5, 0.6) is 0 Å². The molecule has 1 aliphatic rings. The van der Waals surface area contributed by atoms with Gasteiger partial charge in [0.1, 0.15) is 5.82 Å². The van der Waals surface area contributed by atoms with Gasteiger partial charge in [-0.15, -0.1) is 0 Å². The molecule has 2 aromatic rings. The molecule has 1 fully saturated rings. The third-order valence-electron chi connectivity index (χ3n) is 4.21. The highest BCUT2D eigenvalue weighted by molar-refractivity contribution is 5.62. The van der Waals surface area contributed by atoms with E-state index in [1.807, 2.05) is 19.3 Å². The van der Waals surface area contributed by atoms with Crippen LogP contribution in [-0.4, -0.2) is 46.0 Å². The van der Waals surface area contributed by atoms with Crippen LogP contribution in [0.4, 0.5) is 5.82 Å². The second-order valence-corrected chi connectivity index (χ2v) is 5.61. The molecule has 0 spiro atoms. The van der Waals surface area contributed by atoms with Crippen LogP contribution in [0, 0.1) is 13.8 Å². The number of hydrogen-bond donors (Lipinski definition) is 0. The lowest BCUT2D eigenvalue weighted by molar-refractivity contribution is 0.366. The highest BCUT2D eigenvalue weighted by Gasteiger charge is 2.20. The molecule has 1 aliphatic heterocycles. The number of pyridine rings is 1. The van der Waals surface area contributed by atoms with Gasteiger partial charge < -0.3 is 9.80 Å². The van der Waals surface area contributed by atoms with Gasteiger partial charge in [0.15, 0.2) is 0 Å². The number of anilines is 1. The van der Waals surface area contributed by atoms with Gasteiger partial charge in [-0.05, 0) is 25.5 Å². The maximum absolute atomic E-state index is 4.44. The van der Waals surface area contributed by atoms with Crippen LogP contribution in [0.3, 0.4) is 0 Å². The van der Waals surface area contributed by atoms with E-state index in [0.717, 1.165) is 49.0 Å². The van der Waals surface area contributed by atoms with Gasteiger partial charge in [-0.3, -0.25) is 9.97 Å². The smallest absolute Gasteiger partial charge is 0.147 e. The second kappa shape index (κ2) is 6.13. The minimum Gasteiger partial charge on any atom is -0.368 e. The molecule has 22 heavy (non-hydrogen) atoms. The van der Waals surface area contributed by atoms with Crippen LogP contribution in [0.25, 0.3) is 5.70 Å². The molecule has 0 N–H and O–H groups in total. The third kappa shape index (κ3) is 2.93. The van der Waals surface area contributed by atoms with Crippen molar-refractivity contribution >= 4 is 11.5 Å². The quantitative estimate of drug-likeness (QED) is 0.869. The maximum atomic E-state index is 4.44. The van der Waals surface area contributed by atoms with Crippen molar-refractivity contribution in [3.63, 3.8) is 0 Å². The average Bonchev–Trinajstić information content (AvgIpc) is 2.58. The third-order valence-corrected chi connectivity index (χ3v) is 4.21. The number of hydrogen-bond acceptors (Lipinski definition) is 5. The van der Waals surface area contributed by atoms with Gasteiger partial charge in [-0.2, -0.15) is 0 Å². The molecule has 0 radical (unpaired) electrons. The fraction of sp³-hybridized carbons (Fsp3) is 0.353. The molecule has 1 saturated heterocycles. The Bertz CT molecular complexity index is 660. The molecule has 2 aromatic heterocycles. The molecule has 0 unspecified atom stereocenters. The van der Waals surface area contributed by atoms with Crippen LogP contribution in [-0.2, 0) is 0 Å². The van der Waals surface area contributed by atoms with Crippen LogP contribution in [0.15, 0.2) is 37.4 Å². The average molecular weight is 295 g/mol. The Kier molecular flexibility index (Phi) is 4.04. The Balaban J connectivity index is 1.66. The van der Waals surface area contributed by atoms with Crippen molar-refractivity contribution in [1.29, 1.82) is 0 Å². The summed E-state index contributed by atoms with van der Waals surface area (Å²) >= 11 is 0. The molecule has 3 rings (SSSR count). The first-order chi connectivity index (χ1) is 10.6. The van der Waals surface area contributed by atoms with E-state index in [4.69, 9.17) is 0 Å². The molecular formula is C17H21N5. The molecule has 0 atom stereocenters. The van der Waals surface area contributed by atoms with E-state index in [9.17, 15) is 0 Å². The first kappa shape index (κ1) is 14.5. The predicted molar refractivity (Wildman–Crippen MR) is 88.6 cm³/mol. The van der Waals surface area contributed by atoms with Crippen LogP contribution in [0.2, 0.25) is 0 Å². The minimum absolute atomic E-state index is 0.927. The van der Waals surface area contributed by atoms with Gasteiger partial charge in [0.2, 0.25) is 0 Å². The molecular weight excluding hydrogens is 274 g/mol. The molecule has 0 bridgehead atoms. The summed E-state index contributed by atoms with van der Waals surface area (Å²) in [6.07, 6.45) is 7.17. The molecule has 5 heteroatoms. The van der Waals surface area contributed by atoms with Crippen molar-refractivity contribution in [2.75, 3.05) is 31.1 Å². The first-order valence-electron chi connectivity index (χ1n) is 7.53. The molecule has 3 heterocycles. The summed E-state index contributed by atoms with van der Waals surface area (Å²) in [5.74, 6) is 0.945. The van der Waals surface area contributed by atoms with E-state index in [1.165, 1.54) is 5.56 Å². The standard InChI is InChI=1S/C17H21N5/c1-13-10-16(11-20-14(13)2)15(3)21-6-8-22(9-7-21)17-12-18-4-5-19-17/h4-5,10-12H,3,6-9H2,1-2H3. The zero-order chi connectivity index (χ0) is 15.5. The van der Waals surface area contributed by atoms with E-state index < -0.39 is 0 Å². The topological polar surface area (TPSA) is 45.2 Å². The fourth-order valence-electron chi connectivity index (χ4n) is 2.64. The predicted octanol–water partition coefficient (Wildman–Crippen LogP) is 2.28.